The van der Waals surface area contributed by atoms with Crippen LogP contribution >= 0.6 is 0 Å². The van der Waals surface area contributed by atoms with Crippen LogP contribution in [0.3, 0.4) is 0 Å². The highest BCUT2D eigenvalue weighted by Gasteiger charge is 2.25. The van der Waals surface area contributed by atoms with Crippen LogP contribution in [0.25, 0.3) is 0 Å². The molecular weight excluding hydrogens is 262 g/mol. The topological polar surface area (TPSA) is 57.4 Å². The highest BCUT2D eigenvalue weighted by molar-refractivity contribution is 5.41. The molecule has 5 heteroatoms. The lowest BCUT2D eigenvalue weighted by Gasteiger charge is -2.40. The summed E-state index contributed by atoms with van der Waals surface area (Å²) in [6.07, 6.45) is 8.63. The molecule has 0 aliphatic carbocycles. The number of nitrogens with one attached hydrogen (secondary N) is 1. The van der Waals surface area contributed by atoms with E-state index in [-0.39, 0.29) is 0 Å². The standard InChI is InChI=1S/C16H27N5/c17-19-14-4-7-18-15(12-14)13-20-10-5-16(6-11-20)21-8-2-1-3-9-21/h4,7,12,16H,1-3,5-6,8-11,13,17H2,(H,18,19). The van der Waals surface area contributed by atoms with E-state index in [0.717, 1.165) is 24.0 Å². The molecule has 1 aromatic rings. The van der Waals surface area contributed by atoms with Crippen molar-refractivity contribution >= 4 is 5.69 Å². The fourth-order valence-electron chi connectivity index (χ4n) is 3.61. The first kappa shape index (κ1) is 14.8. The van der Waals surface area contributed by atoms with Crippen molar-refractivity contribution in [3.63, 3.8) is 0 Å². The molecular formula is C16H27N5. The number of rotatable bonds is 4. The van der Waals surface area contributed by atoms with Gasteiger partial charge in [0.05, 0.1) is 11.4 Å². The van der Waals surface area contributed by atoms with Crippen LogP contribution in [0.2, 0.25) is 0 Å². The van der Waals surface area contributed by atoms with E-state index in [4.69, 9.17) is 5.84 Å². The quantitative estimate of drug-likeness (QED) is 0.654. The van der Waals surface area contributed by atoms with Gasteiger partial charge in [-0.3, -0.25) is 15.7 Å². The number of hydrogen-bond acceptors (Lipinski definition) is 5. The summed E-state index contributed by atoms with van der Waals surface area (Å²) in [6.45, 7) is 5.93. The number of pyridine rings is 1. The molecule has 0 amide bonds. The lowest BCUT2D eigenvalue weighted by Crippen LogP contribution is -2.46. The third-order valence-electron chi connectivity index (χ3n) is 4.83. The fraction of sp³-hybridized carbons (Fsp3) is 0.688. The molecule has 3 N–H and O–H groups in total. The molecule has 2 aliphatic rings. The van der Waals surface area contributed by atoms with Gasteiger partial charge >= 0.3 is 0 Å². The second-order valence-electron chi connectivity index (χ2n) is 6.28. The Labute approximate surface area is 127 Å². The monoisotopic (exact) mass is 289 g/mol. The first-order chi connectivity index (χ1) is 10.3. The predicted molar refractivity (Wildman–Crippen MR) is 85.8 cm³/mol. The van der Waals surface area contributed by atoms with Crippen molar-refractivity contribution in [1.82, 2.24) is 14.8 Å². The van der Waals surface area contributed by atoms with Gasteiger partial charge in [-0.25, -0.2) is 0 Å². The molecule has 2 saturated heterocycles. The molecule has 116 valence electrons. The van der Waals surface area contributed by atoms with Crippen LogP contribution in [0.15, 0.2) is 18.3 Å². The molecule has 1 aromatic heterocycles. The van der Waals surface area contributed by atoms with Gasteiger partial charge in [-0.2, -0.15) is 0 Å². The average molecular weight is 289 g/mol. The molecule has 0 unspecified atom stereocenters. The van der Waals surface area contributed by atoms with Crippen molar-refractivity contribution in [2.45, 2.75) is 44.7 Å². The smallest absolute Gasteiger partial charge is 0.0564 e. The lowest BCUT2D eigenvalue weighted by atomic mass is 10.00. The van der Waals surface area contributed by atoms with Gasteiger partial charge in [0.25, 0.3) is 0 Å². The minimum atomic E-state index is 0.812. The van der Waals surface area contributed by atoms with Crippen LogP contribution in [-0.2, 0) is 6.54 Å². The highest BCUT2D eigenvalue weighted by Crippen LogP contribution is 2.21. The summed E-state index contributed by atoms with van der Waals surface area (Å²) in [4.78, 5) is 9.68. The van der Waals surface area contributed by atoms with Crippen molar-refractivity contribution in [3.8, 4) is 0 Å². The molecule has 0 bridgehead atoms. The molecule has 3 heterocycles. The molecule has 0 aromatic carbocycles. The van der Waals surface area contributed by atoms with E-state index in [9.17, 15) is 0 Å². The van der Waals surface area contributed by atoms with E-state index < -0.39 is 0 Å². The number of nitrogens with zero attached hydrogens (tertiary/aromatic N) is 3. The number of anilines is 1. The second-order valence-corrected chi connectivity index (χ2v) is 6.28. The Morgan fingerprint density at radius 1 is 1.14 bits per heavy atom. The van der Waals surface area contributed by atoms with Gasteiger partial charge in [-0.15, -0.1) is 0 Å². The minimum Gasteiger partial charge on any atom is -0.324 e. The zero-order valence-corrected chi connectivity index (χ0v) is 12.8. The number of hydrogen-bond donors (Lipinski definition) is 2. The zero-order chi connectivity index (χ0) is 14.5. The summed E-state index contributed by atoms with van der Waals surface area (Å²) in [5.41, 5.74) is 4.72. The molecule has 0 spiro atoms. The third kappa shape index (κ3) is 3.93. The van der Waals surface area contributed by atoms with Gasteiger partial charge in [0.2, 0.25) is 0 Å². The average Bonchev–Trinajstić information content (AvgIpc) is 2.56. The molecule has 5 nitrogen and oxygen atoms in total. The van der Waals surface area contributed by atoms with Crippen molar-refractivity contribution in [2.75, 3.05) is 31.6 Å². The maximum absolute atomic E-state index is 5.46. The van der Waals surface area contributed by atoms with Crippen LogP contribution < -0.4 is 11.3 Å². The second kappa shape index (κ2) is 7.20. The van der Waals surface area contributed by atoms with Gasteiger partial charge in [0.1, 0.15) is 0 Å². The fourth-order valence-corrected chi connectivity index (χ4v) is 3.61. The van der Waals surface area contributed by atoms with Gasteiger partial charge < -0.3 is 10.3 Å². The zero-order valence-electron chi connectivity index (χ0n) is 12.8. The van der Waals surface area contributed by atoms with Gasteiger partial charge in [-0.1, -0.05) is 6.42 Å². The van der Waals surface area contributed by atoms with Crippen LogP contribution in [0.1, 0.15) is 37.8 Å². The normalized spacial score (nSPS) is 22.3. The lowest BCUT2D eigenvalue weighted by molar-refractivity contribution is 0.0891. The van der Waals surface area contributed by atoms with Crippen molar-refractivity contribution in [3.05, 3.63) is 24.0 Å². The number of nitrogens with two attached hydrogens (primary N) is 1. The molecule has 0 radical (unpaired) electrons. The minimum absolute atomic E-state index is 0.812. The SMILES string of the molecule is NNc1ccnc(CN2CCC(N3CCCCC3)CC2)c1. The van der Waals surface area contributed by atoms with Crippen LogP contribution in [-0.4, -0.2) is 47.0 Å². The Hall–Kier alpha value is -1.17. The summed E-state index contributed by atoms with van der Waals surface area (Å²) < 4.78 is 0. The number of piperidine rings is 2. The van der Waals surface area contributed by atoms with Crippen LogP contribution in [0.5, 0.6) is 0 Å². The first-order valence-corrected chi connectivity index (χ1v) is 8.23. The van der Waals surface area contributed by atoms with Gasteiger partial charge in [0.15, 0.2) is 0 Å². The third-order valence-corrected chi connectivity index (χ3v) is 4.83. The summed E-state index contributed by atoms with van der Waals surface area (Å²) in [5, 5.41) is 0. The number of aromatic nitrogens is 1. The van der Waals surface area contributed by atoms with E-state index in [2.05, 4.69) is 20.2 Å². The molecule has 0 saturated carbocycles. The molecule has 2 fully saturated rings. The maximum atomic E-state index is 5.46. The predicted octanol–water partition coefficient (Wildman–Crippen LogP) is 1.82. The van der Waals surface area contributed by atoms with Gasteiger partial charge in [0, 0.05) is 31.9 Å². The Morgan fingerprint density at radius 3 is 2.62 bits per heavy atom. The summed E-state index contributed by atoms with van der Waals surface area (Å²) >= 11 is 0. The van der Waals surface area contributed by atoms with Crippen LogP contribution in [0.4, 0.5) is 5.69 Å². The Kier molecular flexibility index (Phi) is 5.06. The summed E-state index contributed by atoms with van der Waals surface area (Å²) in [7, 11) is 0. The van der Waals surface area contributed by atoms with E-state index in [0.29, 0.717) is 0 Å². The Morgan fingerprint density at radius 2 is 1.90 bits per heavy atom. The molecule has 0 atom stereocenters. The number of hydrazine groups is 1. The molecule has 3 rings (SSSR count). The van der Waals surface area contributed by atoms with E-state index in [1.165, 1.54) is 58.3 Å². The number of nitrogen functional groups attached to an aromatic ring is 1. The van der Waals surface area contributed by atoms with Gasteiger partial charge in [-0.05, 0) is 50.9 Å². The maximum Gasteiger partial charge on any atom is 0.0564 e. The van der Waals surface area contributed by atoms with Crippen LogP contribution in [0, 0.1) is 0 Å². The summed E-state index contributed by atoms with van der Waals surface area (Å²) in [5.74, 6) is 5.46. The van der Waals surface area contributed by atoms with E-state index in [1.807, 2.05) is 18.3 Å². The van der Waals surface area contributed by atoms with Crippen molar-refractivity contribution in [1.29, 1.82) is 0 Å². The molecule has 2 aliphatic heterocycles. The molecule has 21 heavy (non-hydrogen) atoms. The Bertz CT molecular complexity index is 436. The Balaban J connectivity index is 1.48. The van der Waals surface area contributed by atoms with E-state index in [1.54, 1.807) is 0 Å². The van der Waals surface area contributed by atoms with Crippen molar-refractivity contribution in [2.24, 2.45) is 5.84 Å². The first-order valence-electron chi connectivity index (χ1n) is 8.23. The number of likely N-dealkylation sites (tertiary alicyclic amines) is 2. The summed E-state index contributed by atoms with van der Waals surface area (Å²) in [6, 6.07) is 4.74. The van der Waals surface area contributed by atoms with E-state index >= 15 is 0 Å². The largest absolute Gasteiger partial charge is 0.324 e. The highest BCUT2D eigenvalue weighted by atomic mass is 15.2. The van der Waals surface area contributed by atoms with Crippen molar-refractivity contribution < 1.29 is 0 Å².